The van der Waals surface area contributed by atoms with Gasteiger partial charge in [0.1, 0.15) is 5.82 Å². The summed E-state index contributed by atoms with van der Waals surface area (Å²) < 4.78 is 13.1. The number of nitrogens with one attached hydrogen (secondary N) is 1. The molecule has 0 saturated heterocycles. The van der Waals surface area contributed by atoms with E-state index in [1.54, 1.807) is 11.8 Å². The first-order valence-electron chi connectivity index (χ1n) is 6.24. The van der Waals surface area contributed by atoms with Crippen LogP contribution in [0.1, 0.15) is 5.56 Å². The van der Waals surface area contributed by atoms with Gasteiger partial charge in [0.05, 0.1) is 10.9 Å². The molecule has 1 unspecified atom stereocenters. The summed E-state index contributed by atoms with van der Waals surface area (Å²) in [5.41, 5.74) is 7.23. The Morgan fingerprint density at radius 3 is 2.85 bits per heavy atom. The quantitative estimate of drug-likeness (QED) is 0.835. The Balaban J connectivity index is 1.71. The maximum absolute atomic E-state index is 13.1. The van der Waals surface area contributed by atoms with Gasteiger partial charge >= 0.3 is 0 Å². The van der Waals surface area contributed by atoms with Crippen molar-refractivity contribution in [1.82, 2.24) is 0 Å². The Labute approximate surface area is 120 Å². The zero-order valence-corrected chi connectivity index (χ0v) is 11.4. The van der Waals surface area contributed by atoms with Gasteiger partial charge in [-0.3, -0.25) is 4.79 Å². The molecule has 1 heterocycles. The number of benzene rings is 2. The zero-order chi connectivity index (χ0) is 14.1. The predicted molar refractivity (Wildman–Crippen MR) is 79.2 cm³/mol. The zero-order valence-electron chi connectivity index (χ0n) is 10.6. The van der Waals surface area contributed by atoms with Crippen LogP contribution in [0.3, 0.4) is 0 Å². The van der Waals surface area contributed by atoms with Gasteiger partial charge in [-0.05, 0) is 36.2 Å². The molecule has 0 spiro atoms. The fourth-order valence-electron chi connectivity index (χ4n) is 2.17. The van der Waals surface area contributed by atoms with Gasteiger partial charge in [0.2, 0.25) is 5.91 Å². The first-order valence-corrected chi connectivity index (χ1v) is 7.12. The van der Waals surface area contributed by atoms with E-state index in [9.17, 15) is 9.18 Å². The molecule has 3 rings (SSSR count). The number of fused-ring (bicyclic) bond motifs is 1. The predicted octanol–water partition coefficient (Wildman–Crippen LogP) is 3.06. The van der Waals surface area contributed by atoms with Crippen molar-refractivity contribution < 1.29 is 9.18 Å². The summed E-state index contributed by atoms with van der Waals surface area (Å²) in [6.45, 7) is 0. The van der Waals surface area contributed by atoms with Crippen LogP contribution >= 0.6 is 11.8 Å². The Kier molecular flexibility index (Phi) is 3.36. The number of carbonyl (C=O) groups excluding carboxylic acids is 1. The Morgan fingerprint density at radius 2 is 2.10 bits per heavy atom. The molecule has 102 valence electrons. The highest BCUT2D eigenvalue weighted by molar-refractivity contribution is 8.01. The number of hydrogen-bond acceptors (Lipinski definition) is 3. The number of carbonyl (C=O) groups is 1. The highest BCUT2D eigenvalue weighted by Gasteiger charge is 2.27. The third-order valence-corrected chi connectivity index (χ3v) is 4.52. The maximum atomic E-state index is 13.1. The first kappa shape index (κ1) is 13.0. The lowest BCUT2D eigenvalue weighted by molar-refractivity contribution is -0.115. The fourth-order valence-corrected chi connectivity index (χ4v) is 3.37. The van der Waals surface area contributed by atoms with Crippen molar-refractivity contribution in [3.8, 4) is 0 Å². The Morgan fingerprint density at radius 1 is 1.30 bits per heavy atom. The SMILES string of the molecule is Nc1cc(NC(=O)C2Cc3ccccc3S2)ccc1F. The van der Waals surface area contributed by atoms with Crippen LogP contribution in [0.5, 0.6) is 0 Å². The van der Waals surface area contributed by atoms with Gasteiger partial charge in [-0.15, -0.1) is 11.8 Å². The minimum Gasteiger partial charge on any atom is -0.396 e. The smallest absolute Gasteiger partial charge is 0.238 e. The van der Waals surface area contributed by atoms with Crippen molar-refractivity contribution in [2.45, 2.75) is 16.6 Å². The van der Waals surface area contributed by atoms with E-state index in [0.717, 1.165) is 4.90 Å². The van der Waals surface area contributed by atoms with Crippen LogP contribution in [0.4, 0.5) is 15.8 Å². The van der Waals surface area contributed by atoms with Crippen LogP contribution in [0.15, 0.2) is 47.4 Å². The largest absolute Gasteiger partial charge is 0.396 e. The summed E-state index contributed by atoms with van der Waals surface area (Å²) in [5.74, 6) is -0.567. The molecule has 3 N–H and O–H groups in total. The number of amides is 1. The first-order chi connectivity index (χ1) is 9.63. The number of anilines is 2. The summed E-state index contributed by atoms with van der Waals surface area (Å²) in [7, 11) is 0. The number of hydrogen-bond donors (Lipinski definition) is 2. The highest BCUT2D eigenvalue weighted by Crippen LogP contribution is 2.37. The molecule has 0 radical (unpaired) electrons. The number of rotatable bonds is 2. The topological polar surface area (TPSA) is 55.1 Å². The summed E-state index contributed by atoms with van der Waals surface area (Å²) >= 11 is 1.55. The Hall–Kier alpha value is -2.01. The summed E-state index contributed by atoms with van der Waals surface area (Å²) in [6.07, 6.45) is 0.712. The van der Waals surface area contributed by atoms with Gasteiger partial charge in [-0.2, -0.15) is 0 Å². The second kappa shape index (κ2) is 5.17. The fraction of sp³-hybridized carbons (Fsp3) is 0.133. The van der Waals surface area contributed by atoms with Gasteiger partial charge in [-0.25, -0.2) is 4.39 Å². The highest BCUT2D eigenvalue weighted by atomic mass is 32.2. The maximum Gasteiger partial charge on any atom is 0.238 e. The van der Waals surface area contributed by atoms with Gasteiger partial charge in [0.15, 0.2) is 0 Å². The van der Waals surface area contributed by atoms with E-state index in [4.69, 9.17) is 5.73 Å². The lowest BCUT2D eigenvalue weighted by atomic mass is 10.1. The molecule has 20 heavy (non-hydrogen) atoms. The minimum absolute atomic E-state index is 0.0326. The number of thioether (sulfide) groups is 1. The standard InChI is InChI=1S/C15H13FN2OS/c16-11-6-5-10(8-12(11)17)18-15(19)14-7-9-3-1-2-4-13(9)20-14/h1-6,8,14H,7,17H2,(H,18,19). The molecule has 1 atom stereocenters. The molecule has 0 bridgehead atoms. The number of nitrogen functional groups attached to an aromatic ring is 1. The summed E-state index contributed by atoms with van der Waals surface area (Å²) in [5, 5.41) is 2.63. The van der Waals surface area contributed by atoms with Crippen LogP contribution in [0.2, 0.25) is 0 Å². The van der Waals surface area contributed by atoms with E-state index in [0.29, 0.717) is 12.1 Å². The monoisotopic (exact) mass is 288 g/mol. The van der Waals surface area contributed by atoms with E-state index in [-0.39, 0.29) is 16.8 Å². The molecule has 5 heteroatoms. The van der Waals surface area contributed by atoms with Crippen LogP contribution in [-0.2, 0) is 11.2 Å². The van der Waals surface area contributed by atoms with E-state index in [2.05, 4.69) is 5.32 Å². The molecule has 1 aliphatic rings. The molecule has 0 saturated carbocycles. The lowest BCUT2D eigenvalue weighted by Gasteiger charge is -2.10. The molecular weight excluding hydrogens is 275 g/mol. The van der Waals surface area contributed by atoms with Crippen molar-refractivity contribution >= 4 is 29.0 Å². The molecule has 3 nitrogen and oxygen atoms in total. The second-order valence-electron chi connectivity index (χ2n) is 4.64. The van der Waals surface area contributed by atoms with E-state index < -0.39 is 5.82 Å². The van der Waals surface area contributed by atoms with Gasteiger partial charge < -0.3 is 11.1 Å². The van der Waals surface area contributed by atoms with Crippen LogP contribution < -0.4 is 11.1 Å². The van der Waals surface area contributed by atoms with E-state index in [1.165, 1.54) is 23.8 Å². The summed E-state index contributed by atoms with van der Waals surface area (Å²) in [4.78, 5) is 13.4. The van der Waals surface area contributed by atoms with Crippen LogP contribution in [-0.4, -0.2) is 11.2 Å². The Bertz CT molecular complexity index is 650. The number of halogens is 1. The van der Waals surface area contributed by atoms with Crippen molar-refractivity contribution in [3.05, 3.63) is 53.8 Å². The van der Waals surface area contributed by atoms with Crippen molar-refractivity contribution in [2.75, 3.05) is 11.1 Å². The van der Waals surface area contributed by atoms with Gasteiger partial charge in [-0.1, -0.05) is 18.2 Å². The molecule has 0 fully saturated rings. The third-order valence-electron chi connectivity index (χ3n) is 3.20. The third kappa shape index (κ3) is 2.49. The van der Waals surface area contributed by atoms with E-state index in [1.807, 2.05) is 24.3 Å². The van der Waals surface area contributed by atoms with E-state index >= 15 is 0 Å². The molecular formula is C15H13FN2OS. The van der Waals surface area contributed by atoms with Crippen molar-refractivity contribution in [1.29, 1.82) is 0 Å². The second-order valence-corrected chi connectivity index (χ2v) is 5.89. The molecule has 0 aliphatic carbocycles. The van der Waals surface area contributed by atoms with Gasteiger partial charge in [0.25, 0.3) is 0 Å². The summed E-state index contributed by atoms with van der Waals surface area (Å²) in [6, 6.07) is 12.2. The minimum atomic E-state index is -0.481. The molecule has 0 aromatic heterocycles. The van der Waals surface area contributed by atoms with Gasteiger partial charge in [0, 0.05) is 10.6 Å². The molecule has 2 aromatic rings. The normalized spacial score (nSPS) is 16.8. The molecule has 2 aromatic carbocycles. The number of nitrogens with two attached hydrogens (primary N) is 1. The molecule has 1 aliphatic heterocycles. The average molecular weight is 288 g/mol. The van der Waals surface area contributed by atoms with Crippen molar-refractivity contribution in [2.24, 2.45) is 0 Å². The van der Waals surface area contributed by atoms with Crippen molar-refractivity contribution in [3.63, 3.8) is 0 Å². The average Bonchev–Trinajstić information content (AvgIpc) is 2.87. The molecule has 1 amide bonds. The lowest BCUT2D eigenvalue weighted by Crippen LogP contribution is -2.24. The van der Waals surface area contributed by atoms with Crippen LogP contribution in [0, 0.1) is 5.82 Å². The van der Waals surface area contributed by atoms with Crippen LogP contribution in [0.25, 0.3) is 0 Å².